The Labute approximate surface area is 80.0 Å². The van der Waals surface area contributed by atoms with Crippen LogP contribution in [0.2, 0.25) is 0 Å². The van der Waals surface area contributed by atoms with Gasteiger partial charge in [-0.1, -0.05) is 0 Å². The first-order valence-electron chi connectivity index (χ1n) is 4.12. The van der Waals surface area contributed by atoms with Crippen molar-refractivity contribution in [1.29, 1.82) is 0 Å². The minimum absolute atomic E-state index is 0.208. The van der Waals surface area contributed by atoms with Crippen molar-refractivity contribution in [3.8, 4) is 0 Å². The van der Waals surface area contributed by atoms with Gasteiger partial charge in [-0.2, -0.15) is 0 Å². The third-order valence-electron chi connectivity index (χ3n) is 1.89. The lowest BCUT2D eigenvalue weighted by atomic mass is 10.4. The second-order valence-electron chi connectivity index (χ2n) is 2.94. The minimum atomic E-state index is -0.943. The summed E-state index contributed by atoms with van der Waals surface area (Å²) in [5, 5.41) is 8.67. The van der Waals surface area contributed by atoms with Crippen LogP contribution in [0.5, 0.6) is 0 Å². The molecule has 0 radical (unpaired) electrons. The molecule has 2 N–H and O–H groups in total. The molecule has 14 heavy (non-hydrogen) atoms. The molecule has 0 aliphatic carbocycles. The van der Waals surface area contributed by atoms with E-state index < -0.39 is 5.97 Å². The lowest BCUT2D eigenvalue weighted by Gasteiger charge is -1.97. The molecule has 0 atom stereocenters. The Balaban J connectivity index is 2.14. The van der Waals surface area contributed by atoms with E-state index in [2.05, 4.69) is 9.97 Å². The summed E-state index contributed by atoms with van der Waals surface area (Å²) in [6, 6.07) is 3.30. The highest BCUT2D eigenvalue weighted by molar-refractivity contribution is 5.85. The van der Waals surface area contributed by atoms with Crippen LogP contribution in [0.3, 0.4) is 0 Å². The Hall–Kier alpha value is -2.04. The number of H-pyrrole nitrogens is 1. The fraction of sp³-hybridized carbons (Fsp3) is 0.111. The van der Waals surface area contributed by atoms with Gasteiger partial charge in [0, 0.05) is 18.1 Å². The normalized spacial score (nSPS) is 10.3. The number of aromatic nitrogens is 3. The van der Waals surface area contributed by atoms with Gasteiger partial charge in [-0.05, 0) is 12.1 Å². The van der Waals surface area contributed by atoms with Crippen LogP contribution in [0.4, 0.5) is 0 Å². The van der Waals surface area contributed by atoms with Gasteiger partial charge in [-0.25, -0.2) is 9.78 Å². The maximum atomic E-state index is 10.6. The molecule has 0 saturated carbocycles. The van der Waals surface area contributed by atoms with Crippen LogP contribution in [-0.2, 0) is 6.54 Å². The molecule has 72 valence electrons. The molecule has 0 saturated heterocycles. The molecule has 0 bridgehead atoms. The summed E-state index contributed by atoms with van der Waals surface area (Å²) in [4.78, 5) is 17.3. The van der Waals surface area contributed by atoms with Crippen molar-refractivity contribution >= 4 is 5.97 Å². The quantitative estimate of drug-likeness (QED) is 0.759. The molecular weight excluding hydrogens is 182 g/mol. The van der Waals surface area contributed by atoms with Gasteiger partial charge in [-0.15, -0.1) is 0 Å². The highest BCUT2D eigenvalue weighted by Gasteiger charge is 2.05. The Bertz CT molecular complexity index is 431. The Morgan fingerprint density at radius 3 is 3.00 bits per heavy atom. The zero-order valence-electron chi connectivity index (χ0n) is 7.34. The maximum absolute atomic E-state index is 10.6. The largest absolute Gasteiger partial charge is 0.477 e. The summed E-state index contributed by atoms with van der Waals surface area (Å²) in [6.45, 7) is 0.604. The van der Waals surface area contributed by atoms with Crippen LogP contribution < -0.4 is 0 Å². The van der Waals surface area contributed by atoms with Crippen LogP contribution in [0.25, 0.3) is 0 Å². The summed E-state index contributed by atoms with van der Waals surface area (Å²) < 4.78 is 1.86. The molecule has 0 amide bonds. The second-order valence-corrected chi connectivity index (χ2v) is 2.94. The van der Waals surface area contributed by atoms with E-state index in [0.717, 1.165) is 5.69 Å². The Kier molecular flexibility index (Phi) is 2.06. The van der Waals surface area contributed by atoms with Crippen molar-refractivity contribution < 1.29 is 9.90 Å². The third kappa shape index (κ3) is 1.66. The molecule has 2 aromatic rings. The van der Waals surface area contributed by atoms with E-state index in [1.165, 1.54) is 0 Å². The fourth-order valence-corrected chi connectivity index (χ4v) is 1.23. The predicted molar refractivity (Wildman–Crippen MR) is 49.1 cm³/mol. The summed E-state index contributed by atoms with van der Waals surface area (Å²) in [5.74, 6) is -0.943. The standard InChI is InChI=1S/C9H9N3O2/c13-9(14)8-2-1-7(11-8)5-12-4-3-10-6-12/h1-4,6,11H,5H2,(H,13,14). The van der Waals surface area contributed by atoms with Crippen molar-refractivity contribution in [3.05, 3.63) is 42.2 Å². The van der Waals surface area contributed by atoms with E-state index in [-0.39, 0.29) is 5.69 Å². The van der Waals surface area contributed by atoms with Crippen molar-refractivity contribution in [1.82, 2.24) is 14.5 Å². The second kappa shape index (κ2) is 3.37. The van der Waals surface area contributed by atoms with Gasteiger partial charge in [0.1, 0.15) is 5.69 Å². The molecule has 5 nitrogen and oxygen atoms in total. The molecule has 0 aliphatic rings. The lowest BCUT2D eigenvalue weighted by molar-refractivity contribution is 0.0691. The number of nitrogens with zero attached hydrogens (tertiary/aromatic N) is 2. The van der Waals surface area contributed by atoms with Crippen LogP contribution in [-0.4, -0.2) is 25.6 Å². The third-order valence-corrected chi connectivity index (χ3v) is 1.89. The van der Waals surface area contributed by atoms with Crippen molar-refractivity contribution in [3.63, 3.8) is 0 Å². The molecular formula is C9H9N3O2. The first-order valence-corrected chi connectivity index (χ1v) is 4.12. The molecule has 2 heterocycles. The molecule has 0 spiro atoms. The first kappa shape index (κ1) is 8.55. The monoisotopic (exact) mass is 191 g/mol. The zero-order chi connectivity index (χ0) is 9.97. The van der Waals surface area contributed by atoms with E-state index in [1.54, 1.807) is 24.7 Å². The molecule has 2 rings (SSSR count). The number of hydrogen-bond acceptors (Lipinski definition) is 2. The van der Waals surface area contributed by atoms with E-state index in [9.17, 15) is 4.79 Å². The van der Waals surface area contributed by atoms with Crippen molar-refractivity contribution in [2.24, 2.45) is 0 Å². The minimum Gasteiger partial charge on any atom is -0.477 e. The maximum Gasteiger partial charge on any atom is 0.352 e. The van der Waals surface area contributed by atoms with Gasteiger partial charge in [-0.3, -0.25) is 0 Å². The summed E-state index contributed by atoms with van der Waals surface area (Å²) >= 11 is 0. The van der Waals surface area contributed by atoms with E-state index in [1.807, 2.05) is 10.8 Å². The van der Waals surface area contributed by atoms with Gasteiger partial charge in [0.05, 0.1) is 12.9 Å². The molecule has 5 heteroatoms. The Morgan fingerprint density at radius 1 is 1.57 bits per heavy atom. The summed E-state index contributed by atoms with van der Waals surface area (Å²) in [6.07, 6.45) is 5.18. The Morgan fingerprint density at radius 2 is 2.43 bits per heavy atom. The van der Waals surface area contributed by atoms with Crippen LogP contribution in [0.1, 0.15) is 16.2 Å². The molecule has 0 fully saturated rings. The number of hydrogen-bond donors (Lipinski definition) is 2. The fourth-order valence-electron chi connectivity index (χ4n) is 1.23. The number of rotatable bonds is 3. The predicted octanol–water partition coefficient (Wildman–Crippen LogP) is 0.958. The zero-order valence-corrected chi connectivity index (χ0v) is 7.34. The van der Waals surface area contributed by atoms with Crippen molar-refractivity contribution in [2.45, 2.75) is 6.54 Å². The van der Waals surface area contributed by atoms with Crippen molar-refractivity contribution in [2.75, 3.05) is 0 Å². The number of carbonyl (C=O) groups is 1. The highest BCUT2D eigenvalue weighted by Crippen LogP contribution is 2.03. The average molecular weight is 191 g/mol. The van der Waals surface area contributed by atoms with Crippen LogP contribution >= 0.6 is 0 Å². The van der Waals surface area contributed by atoms with Gasteiger partial charge < -0.3 is 14.7 Å². The van der Waals surface area contributed by atoms with Crippen LogP contribution in [0, 0.1) is 0 Å². The summed E-state index contributed by atoms with van der Waals surface area (Å²) in [5.41, 5.74) is 1.06. The lowest BCUT2D eigenvalue weighted by Crippen LogP contribution is -1.99. The van der Waals surface area contributed by atoms with E-state index in [4.69, 9.17) is 5.11 Å². The summed E-state index contributed by atoms with van der Waals surface area (Å²) in [7, 11) is 0. The molecule has 0 aromatic carbocycles. The molecule has 2 aromatic heterocycles. The van der Waals surface area contributed by atoms with Gasteiger partial charge in [0.2, 0.25) is 0 Å². The average Bonchev–Trinajstić information content (AvgIpc) is 2.75. The highest BCUT2D eigenvalue weighted by atomic mass is 16.4. The number of imidazole rings is 1. The topological polar surface area (TPSA) is 70.9 Å². The SMILES string of the molecule is O=C(O)c1ccc(Cn2ccnc2)[nH]1. The van der Waals surface area contributed by atoms with E-state index >= 15 is 0 Å². The number of nitrogens with one attached hydrogen (secondary N) is 1. The van der Waals surface area contributed by atoms with Gasteiger partial charge in [0.25, 0.3) is 0 Å². The molecule has 0 aliphatic heterocycles. The van der Waals surface area contributed by atoms with Gasteiger partial charge in [0.15, 0.2) is 0 Å². The smallest absolute Gasteiger partial charge is 0.352 e. The van der Waals surface area contributed by atoms with Gasteiger partial charge >= 0.3 is 5.97 Å². The molecule has 0 unspecified atom stereocenters. The number of aromatic carboxylic acids is 1. The number of carboxylic acids is 1. The van der Waals surface area contributed by atoms with E-state index in [0.29, 0.717) is 6.54 Å². The first-order chi connectivity index (χ1) is 6.75. The van der Waals surface area contributed by atoms with Crippen LogP contribution in [0.15, 0.2) is 30.9 Å². The number of carboxylic acid groups (broad SMARTS) is 1. The number of aromatic amines is 1.